The Balaban J connectivity index is 2.06. The summed E-state index contributed by atoms with van der Waals surface area (Å²) in [5.41, 5.74) is 4.00. The van der Waals surface area contributed by atoms with Gasteiger partial charge in [0.25, 0.3) is 10.0 Å². The van der Waals surface area contributed by atoms with Crippen molar-refractivity contribution in [3.63, 3.8) is 0 Å². The van der Waals surface area contributed by atoms with Gasteiger partial charge in [-0.2, -0.15) is 0 Å². The number of rotatable bonds is 11. The van der Waals surface area contributed by atoms with E-state index in [2.05, 4.69) is 5.32 Å². The summed E-state index contributed by atoms with van der Waals surface area (Å²) in [5, 5.41) is 2.96. The molecule has 0 aromatic heterocycles. The third-order valence-electron chi connectivity index (χ3n) is 7.00. The zero-order valence-electron chi connectivity index (χ0n) is 23.6. The fourth-order valence-corrected chi connectivity index (χ4v) is 5.84. The number of hydrogen-bond acceptors (Lipinski definition) is 4. The van der Waals surface area contributed by atoms with E-state index in [1.807, 2.05) is 71.0 Å². The van der Waals surface area contributed by atoms with E-state index in [4.69, 9.17) is 0 Å². The summed E-state index contributed by atoms with van der Waals surface area (Å²) in [5.74, 6) is -0.750. The van der Waals surface area contributed by atoms with Crippen molar-refractivity contribution in [2.75, 3.05) is 10.8 Å². The number of sulfonamides is 1. The van der Waals surface area contributed by atoms with Gasteiger partial charge in [0.05, 0.1) is 10.6 Å². The molecule has 0 heterocycles. The summed E-state index contributed by atoms with van der Waals surface area (Å²) < 4.78 is 29.0. The molecule has 1 N–H and O–H groups in total. The number of benzene rings is 3. The Morgan fingerprint density at radius 3 is 2.13 bits per heavy atom. The number of amides is 2. The molecule has 0 bridgehead atoms. The monoisotopic (exact) mass is 549 g/mol. The number of anilines is 1. The van der Waals surface area contributed by atoms with Crippen molar-refractivity contribution in [2.24, 2.45) is 0 Å². The summed E-state index contributed by atoms with van der Waals surface area (Å²) in [7, 11) is -4.08. The highest BCUT2D eigenvalue weighted by atomic mass is 32.2. The minimum Gasteiger partial charge on any atom is -0.352 e. The molecule has 7 nitrogen and oxygen atoms in total. The van der Waals surface area contributed by atoms with Crippen LogP contribution in [-0.4, -0.2) is 43.8 Å². The lowest BCUT2D eigenvalue weighted by Crippen LogP contribution is -2.52. The first-order valence-electron chi connectivity index (χ1n) is 13.2. The van der Waals surface area contributed by atoms with Crippen LogP contribution in [0, 0.1) is 20.8 Å². The zero-order valence-corrected chi connectivity index (χ0v) is 24.5. The van der Waals surface area contributed by atoms with Gasteiger partial charge in [-0.1, -0.05) is 67.1 Å². The number of hydrogen-bond donors (Lipinski definition) is 1. The van der Waals surface area contributed by atoms with Gasteiger partial charge in [0.15, 0.2) is 0 Å². The number of nitrogens with one attached hydrogen (secondary N) is 1. The molecule has 0 unspecified atom stereocenters. The number of carbonyl (C=O) groups excluding carboxylic acids is 2. The molecular weight excluding hydrogens is 510 g/mol. The van der Waals surface area contributed by atoms with Crippen molar-refractivity contribution < 1.29 is 18.0 Å². The fraction of sp³-hybridized carbons (Fsp3) is 0.355. The minimum absolute atomic E-state index is 0.0551. The second kappa shape index (κ2) is 12.9. The molecule has 3 aromatic rings. The van der Waals surface area contributed by atoms with Crippen molar-refractivity contribution in [3.8, 4) is 0 Å². The summed E-state index contributed by atoms with van der Waals surface area (Å²) in [6.45, 7) is 11.0. The molecule has 208 valence electrons. The molecule has 2 atom stereocenters. The first kappa shape index (κ1) is 29.9. The predicted octanol–water partition coefficient (Wildman–Crippen LogP) is 5.14. The van der Waals surface area contributed by atoms with E-state index >= 15 is 0 Å². The lowest BCUT2D eigenvalue weighted by Gasteiger charge is -2.33. The number of carbonyl (C=O) groups is 2. The number of nitrogens with zero attached hydrogens (tertiary/aromatic N) is 2. The van der Waals surface area contributed by atoms with Gasteiger partial charge in [-0.3, -0.25) is 13.9 Å². The van der Waals surface area contributed by atoms with Crippen LogP contribution in [0.3, 0.4) is 0 Å². The SMILES string of the molecule is CC[C@H](C)NC(=O)[C@@H](C)N(Cc1ccccc1C)C(=O)CN(c1ccc(C)cc1C)S(=O)(=O)c1ccccc1. The smallest absolute Gasteiger partial charge is 0.264 e. The van der Waals surface area contributed by atoms with Crippen molar-refractivity contribution >= 4 is 27.5 Å². The molecule has 0 saturated carbocycles. The molecule has 8 heteroatoms. The first-order chi connectivity index (χ1) is 18.4. The molecule has 0 radical (unpaired) electrons. The van der Waals surface area contributed by atoms with E-state index in [1.165, 1.54) is 17.0 Å². The largest absolute Gasteiger partial charge is 0.352 e. The van der Waals surface area contributed by atoms with Crippen LogP contribution in [-0.2, 0) is 26.2 Å². The van der Waals surface area contributed by atoms with Gasteiger partial charge in [-0.25, -0.2) is 8.42 Å². The van der Waals surface area contributed by atoms with Crippen molar-refractivity contribution in [3.05, 3.63) is 95.1 Å². The van der Waals surface area contributed by atoms with Gasteiger partial charge in [-0.15, -0.1) is 0 Å². The van der Waals surface area contributed by atoms with Gasteiger partial charge < -0.3 is 10.2 Å². The normalized spacial score (nSPS) is 12.9. The highest BCUT2D eigenvalue weighted by Gasteiger charge is 2.33. The van der Waals surface area contributed by atoms with Gasteiger partial charge in [0, 0.05) is 12.6 Å². The first-order valence-corrected chi connectivity index (χ1v) is 14.7. The van der Waals surface area contributed by atoms with Gasteiger partial charge >= 0.3 is 0 Å². The van der Waals surface area contributed by atoms with E-state index in [0.29, 0.717) is 5.69 Å². The lowest BCUT2D eigenvalue weighted by molar-refractivity contribution is -0.139. The maximum atomic E-state index is 14.0. The summed E-state index contributed by atoms with van der Waals surface area (Å²) in [6.07, 6.45) is 0.750. The molecular formula is C31H39N3O4S. The third kappa shape index (κ3) is 7.26. The van der Waals surface area contributed by atoms with Crippen LogP contribution in [0.1, 0.15) is 49.4 Å². The Labute approximate surface area is 232 Å². The highest BCUT2D eigenvalue weighted by molar-refractivity contribution is 7.92. The molecule has 39 heavy (non-hydrogen) atoms. The molecule has 0 fully saturated rings. The van der Waals surface area contributed by atoms with Crippen LogP contribution >= 0.6 is 0 Å². The standard InChI is InChI=1S/C31H39N3O4S/c1-7-25(5)32-31(36)26(6)33(20-27-14-12-11-13-23(27)3)30(35)21-34(29-18-17-22(2)19-24(29)4)39(37,38)28-15-9-8-10-16-28/h8-19,25-26H,7,20-21H2,1-6H3,(H,32,36)/t25-,26+/m0/s1. The van der Waals surface area contributed by atoms with Crippen LogP contribution in [0.15, 0.2) is 77.7 Å². The van der Waals surface area contributed by atoms with Crippen molar-refractivity contribution in [2.45, 2.75) is 71.5 Å². The van der Waals surface area contributed by atoms with Crippen LogP contribution in [0.5, 0.6) is 0 Å². The topological polar surface area (TPSA) is 86.8 Å². The Hall–Kier alpha value is -3.65. The molecule has 3 rings (SSSR count). The summed E-state index contributed by atoms with van der Waals surface area (Å²) >= 11 is 0. The highest BCUT2D eigenvalue weighted by Crippen LogP contribution is 2.28. The van der Waals surface area contributed by atoms with E-state index in [9.17, 15) is 18.0 Å². The lowest BCUT2D eigenvalue weighted by atomic mass is 10.1. The molecule has 0 saturated heterocycles. The van der Waals surface area contributed by atoms with Gasteiger partial charge in [0.1, 0.15) is 12.6 Å². The van der Waals surface area contributed by atoms with Crippen molar-refractivity contribution in [1.29, 1.82) is 0 Å². The van der Waals surface area contributed by atoms with E-state index in [-0.39, 0.29) is 23.4 Å². The second-order valence-electron chi connectivity index (χ2n) is 10.1. The minimum atomic E-state index is -4.08. The van der Waals surface area contributed by atoms with Gasteiger partial charge in [0.2, 0.25) is 11.8 Å². The molecule has 0 aliphatic carbocycles. The molecule has 0 aliphatic heterocycles. The molecule has 3 aromatic carbocycles. The van der Waals surface area contributed by atoms with Crippen LogP contribution in [0.4, 0.5) is 5.69 Å². The average Bonchev–Trinajstić information content (AvgIpc) is 2.91. The Morgan fingerprint density at radius 2 is 1.51 bits per heavy atom. The zero-order chi connectivity index (χ0) is 28.7. The second-order valence-corrected chi connectivity index (χ2v) is 11.9. The van der Waals surface area contributed by atoms with Crippen LogP contribution in [0.2, 0.25) is 0 Å². The Bertz CT molecular complexity index is 1410. The van der Waals surface area contributed by atoms with Gasteiger partial charge in [-0.05, 0) is 75.9 Å². The maximum absolute atomic E-state index is 14.0. The van der Waals surface area contributed by atoms with E-state index in [1.54, 1.807) is 31.2 Å². The van der Waals surface area contributed by atoms with Crippen LogP contribution < -0.4 is 9.62 Å². The summed E-state index contributed by atoms with van der Waals surface area (Å²) in [4.78, 5) is 28.8. The third-order valence-corrected chi connectivity index (χ3v) is 8.78. The summed E-state index contributed by atoms with van der Waals surface area (Å²) in [6, 6.07) is 20.3. The Morgan fingerprint density at radius 1 is 0.872 bits per heavy atom. The number of aryl methyl sites for hydroxylation is 3. The van der Waals surface area contributed by atoms with E-state index < -0.39 is 28.5 Å². The average molecular weight is 550 g/mol. The molecule has 0 spiro atoms. The Kier molecular flexibility index (Phi) is 9.92. The van der Waals surface area contributed by atoms with Crippen LogP contribution in [0.25, 0.3) is 0 Å². The molecule has 0 aliphatic rings. The molecule has 2 amide bonds. The fourth-order valence-electron chi connectivity index (χ4n) is 4.34. The van der Waals surface area contributed by atoms with Crippen molar-refractivity contribution in [1.82, 2.24) is 10.2 Å². The maximum Gasteiger partial charge on any atom is 0.264 e. The predicted molar refractivity (Wildman–Crippen MR) is 156 cm³/mol. The van der Waals surface area contributed by atoms with E-state index in [0.717, 1.165) is 33.0 Å². The quantitative estimate of drug-likeness (QED) is 0.359.